The van der Waals surface area contributed by atoms with Crippen LogP contribution in [0.5, 0.6) is 0 Å². The summed E-state index contributed by atoms with van der Waals surface area (Å²) in [4.78, 5) is 12.3. The molecule has 136 valence electrons. The summed E-state index contributed by atoms with van der Waals surface area (Å²) < 4.78 is 38.7. The summed E-state index contributed by atoms with van der Waals surface area (Å²) in [6, 6.07) is 9.62. The fourth-order valence-electron chi connectivity index (χ4n) is 2.62. The van der Waals surface area contributed by atoms with E-state index in [0.29, 0.717) is 11.3 Å². The number of nitrogens with zero attached hydrogens (tertiary/aromatic N) is 1. The Balaban J connectivity index is 1.75. The third-order valence-corrected chi connectivity index (χ3v) is 4.04. The van der Waals surface area contributed by atoms with Gasteiger partial charge in [0.25, 0.3) is 0 Å². The van der Waals surface area contributed by atoms with Crippen LogP contribution < -0.4 is 10.6 Å². The van der Waals surface area contributed by atoms with Crippen molar-refractivity contribution in [3.8, 4) is 0 Å². The van der Waals surface area contributed by atoms with Gasteiger partial charge in [-0.3, -0.25) is 5.10 Å². The molecule has 1 aromatic heterocycles. The van der Waals surface area contributed by atoms with E-state index in [1.807, 2.05) is 0 Å². The van der Waals surface area contributed by atoms with E-state index in [1.54, 1.807) is 44.3 Å². The Morgan fingerprint density at radius 1 is 1.08 bits per heavy atom. The smallest absolute Gasteiger partial charge is 0.329 e. The van der Waals surface area contributed by atoms with Crippen LogP contribution >= 0.6 is 0 Å². The first-order chi connectivity index (χ1) is 12.1. The van der Waals surface area contributed by atoms with E-state index in [1.165, 1.54) is 6.07 Å². The number of carbonyl (C=O) groups excluding carboxylic acids is 1. The molecule has 3 N–H and O–H groups in total. The van der Waals surface area contributed by atoms with E-state index in [0.717, 1.165) is 23.0 Å². The molecule has 0 radical (unpaired) electrons. The van der Waals surface area contributed by atoms with Crippen LogP contribution in [0.1, 0.15) is 25.0 Å². The Labute approximate surface area is 147 Å². The molecule has 0 spiro atoms. The summed E-state index contributed by atoms with van der Waals surface area (Å²) in [6.45, 7) is 3.28. The number of anilines is 1. The maximum absolute atomic E-state index is 12.9. The first kappa shape index (κ1) is 17.8. The summed E-state index contributed by atoms with van der Waals surface area (Å²) in [7, 11) is 0. The molecule has 3 rings (SSSR count). The van der Waals surface area contributed by atoms with E-state index >= 15 is 0 Å². The number of nitrogens with one attached hydrogen (secondary N) is 3. The second-order valence-corrected chi connectivity index (χ2v) is 6.45. The topological polar surface area (TPSA) is 69.8 Å². The minimum Gasteiger partial charge on any atom is -0.329 e. The highest BCUT2D eigenvalue weighted by Gasteiger charge is 2.32. The summed E-state index contributed by atoms with van der Waals surface area (Å²) in [5.41, 5.74) is -0.00889. The molecule has 8 heteroatoms. The number of benzene rings is 2. The second kappa shape index (κ2) is 6.36. The van der Waals surface area contributed by atoms with Crippen LogP contribution in [-0.2, 0) is 11.7 Å². The lowest BCUT2D eigenvalue weighted by Gasteiger charge is -2.27. The number of fused-ring (bicyclic) bond motifs is 1. The molecule has 0 atom stereocenters. The van der Waals surface area contributed by atoms with E-state index in [9.17, 15) is 18.0 Å². The van der Waals surface area contributed by atoms with Crippen molar-refractivity contribution in [2.45, 2.75) is 25.6 Å². The Kier molecular flexibility index (Phi) is 4.35. The lowest BCUT2D eigenvalue weighted by Crippen LogP contribution is -2.43. The highest BCUT2D eigenvalue weighted by molar-refractivity contribution is 5.92. The number of halogens is 3. The largest absolute Gasteiger partial charge is 0.416 e. The molecular weight excluding hydrogens is 345 g/mol. The Morgan fingerprint density at radius 2 is 1.81 bits per heavy atom. The lowest BCUT2D eigenvalue weighted by molar-refractivity contribution is -0.137. The van der Waals surface area contributed by atoms with E-state index in [2.05, 4.69) is 20.8 Å². The molecule has 1 heterocycles. The van der Waals surface area contributed by atoms with Gasteiger partial charge in [0.1, 0.15) is 0 Å². The van der Waals surface area contributed by atoms with Crippen LogP contribution in [0.25, 0.3) is 10.9 Å². The number of H-pyrrole nitrogens is 1. The molecule has 2 amide bonds. The van der Waals surface area contributed by atoms with Gasteiger partial charge < -0.3 is 10.6 Å². The van der Waals surface area contributed by atoms with Gasteiger partial charge in [-0.1, -0.05) is 12.1 Å². The lowest BCUT2D eigenvalue weighted by atomic mass is 9.93. The van der Waals surface area contributed by atoms with Crippen molar-refractivity contribution < 1.29 is 18.0 Å². The SMILES string of the molecule is CC(C)(NC(=O)Nc1ccc2[nH]ncc2c1)c1cccc(C(F)(F)F)c1. The number of hydrogen-bond donors (Lipinski definition) is 3. The first-order valence-corrected chi connectivity index (χ1v) is 7.85. The van der Waals surface area contributed by atoms with Gasteiger partial charge in [-0.25, -0.2) is 4.79 Å². The predicted molar refractivity (Wildman–Crippen MR) is 92.7 cm³/mol. The molecule has 0 saturated heterocycles. The van der Waals surface area contributed by atoms with Gasteiger partial charge in [0.15, 0.2) is 0 Å². The van der Waals surface area contributed by atoms with Gasteiger partial charge in [0.2, 0.25) is 0 Å². The van der Waals surface area contributed by atoms with Crippen molar-refractivity contribution >= 4 is 22.6 Å². The van der Waals surface area contributed by atoms with Crippen molar-refractivity contribution in [1.82, 2.24) is 15.5 Å². The fraction of sp³-hybridized carbons (Fsp3) is 0.222. The van der Waals surface area contributed by atoms with E-state index in [-0.39, 0.29) is 0 Å². The molecule has 0 saturated carbocycles. The predicted octanol–water partition coefficient (Wildman–Crippen LogP) is 4.64. The van der Waals surface area contributed by atoms with Crippen molar-refractivity contribution in [1.29, 1.82) is 0 Å². The fourth-order valence-corrected chi connectivity index (χ4v) is 2.62. The van der Waals surface area contributed by atoms with E-state index < -0.39 is 23.3 Å². The summed E-state index contributed by atoms with van der Waals surface area (Å²) in [5, 5.41) is 12.9. The molecule has 0 aliphatic rings. The van der Waals surface area contributed by atoms with Gasteiger partial charge in [0, 0.05) is 11.1 Å². The molecule has 0 aliphatic heterocycles. The average molecular weight is 362 g/mol. The van der Waals surface area contributed by atoms with Gasteiger partial charge in [0.05, 0.1) is 22.8 Å². The third kappa shape index (κ3) is 3.79. The van der Waals surface area contributed by atoms with Crippen LogP contribution in [-0.4, -0.2) is 16.2 Å². The van der Waals surface area contributed by atoms with Gasteiger partial charge in [-0.15, -0.1) is 0 Å². The average Bonchev–Trinajstić information content (AvgIpc) is 3.01. The van der Waals surface area contributed by atoms with Crippen molar-refractivity contribution in [2.75, 3.05) is 5.32 Å². The summed E-state index contributed by atoms with van der Waals surface area (Å²) in [6.07, 6.45) is -2.81. The maximum atomic E-state index is 12.9. The number of aromatic nitrogens is 2. The number of alkyl halides is 3. The minimum absolute atomic E-state index is 0.354. The van der Waals surface area contributed by atoms with Crippen molar-refractivity contribution in [3.63, 3.8) is 0 Å². The Morgan fingerprint density at radius 3 is 2.54 bits per heavy atom. The number of carbonyl (C=O) groups is 1. The molecule has 26 heavy (non-hydrogen) atoms. The number of rotatable bonds is 3. The van der Waals surface area contributed by atoms with E-state index in [4.69, 9.17) is 0 Å². The van der Waals surface area contributed by atoms with Crippen LogP contribution in [0.2, 0.25) is 0 Å². The number of hydrogen-bond acceptors (Lipinski definition) is 2. The van der Waals surface area contributed by atoms with Crippen LogP contribution in [0, 0.1) is 0 Å². The number of aromatic amines is 1. The van der Waals surface area contributed by atoms with Crippen LogP contribution in [0.15, 0.2) is 48.7 Å². The minimum atomic E-state index is -4.44. The second-order valence-electron chi connectivity index (χ2n) is 6.45. The highest BCUT2D eigenvalue weighted by Crippen LogP contribution is 2.32. The quantitative estimate of drug-likeness (QED) is 0.635. The molecule has 5 nitrogen and oxygen atoms in total. The zero-order chi connectivity index (χ0) is 18.9. The number of amides is 2. The third-order valence-electron chi connectivity index (χ3n) is 4.04. The monoisotopic (exact) mass is 362 g/mol. The Bertz CT molecular complexity index is 947. The molecular formula is C18H17F3N4O. The van der Waals surface area contributed by atoms with Crippen molar-refractivity contribution in [3.05, 3.63) is 59.8 Å². The molecule has 3 aromatic rings. The summed E-state index contributed by atoms with van der Waals surface area (Å²) in [5.74, 6) is 0. The van der Waals surface area contributed by atoms with Crippen molar-refractivity contribution in [2.24, 2.45) is 0 Å². The molecule has 0 aliphatic carbocycles. The molecule has 0 unspecified atom stereocenters. The zero-order valence-corrected chi connectivity index (χ0v) is 14.1. The van der Waals surface area contributed by atoms with Crippen LogP contribution in [0.3, 0.4) is 0 Å². The van der Waals surface area contributed by atoms with Gasteiger partial charge in [-0.05, 0) is 49.7 Å². The van der Waals surface area contributed by atoms with Crippen LogP contribution in [0.4, 0.5) is 23.7 Å². The molecule has 2 aromatic carbocycles. The molecule has 0 bridgehead atoms. The van der Waals surface area contributed by atoms with Gasteiger partial charge >= 0.3 is 12.2 Å². The maximum Gasteiger partial charge on any atom is 0.416 e. The van der Waals surface area contributed by atoms with Gasteiger partial charge in [-0.2, -0.15) is 18.3 Å². The molecule has 0 fully saturated rings. The number of urea groups is 1. The first-order valence-electron chi connectivity index (χ1n) is 7.85. The summed E-state index contributed by atoms with van der Waals surface area (Å²) >= 11 is 0. The Hall–Kier alpha value is -3.03. The highest BCUT2D eigenvalue weighted by atomic mass is 19.4. The normalized spacial score (nSPS) is 12.2. The standard InChI is InChI=1S/C18H17F3N4O/c1-17(2,12-4-3-5-13(9-12)18(19,20)21)24-16(26)23-14-6-7-15-11(8-14)10-22-25-15/h3-10H,1-2H3,(H,22,25)(H2,23,24,26). The zero-order valence-electron chi connectivity index (χ0n) is 14.1.